The van der Waals surface area contributed by atoms with Crippen LogP contribution in [0.1, 0.15) is 29.9 Å². The summed E-state index contributed by atoms with van der Waals surface area (Å²) >= 11 is 0. The minimum atomic E-state index is 0.0581. The number of ketones is 1. The zero-order chi connectivity index (χ0) is 9.68. The van der Waals surface area contributed by atoms with Gasteiger partial charge in [-0.05, 0) is 6.42 Å². The Balaban J connectivity index is 2.50. The van der Waals surface area contributed by atoms with E-state index in [0.717, 1.165) is 6.42 Å². The lowest BCUT2D eigenvalue weighted by atomic mass is 10.2. The molecule has 0 aliphatic rings. The van der Waals surface area contributed by atoms with E-state index in [1.54, 1.807) is 24.0 Å². The molecule has 3 heteroatoms. The molecule has 0 aliphatic heterocycles. The Bertz CT molecular complexity index is 333. The number of carbonyl (C=O) groups is 1. The van der Waals surface area contributed by atoms with Gasteiger partial charge in [-0.25, -0.2) is 4.98 Å². The zero-order valence-corrected chi connectivity index (χ0v) is 7.66. The molecule has 0 saturated heterocycles. The maximum atomic E-state index is 11.4. The largest absolute Gasteiger partial charge is 0.332 e. The fourth-order valence-corrected chi connectivity index (χ4v) is 1.10. The van der Waals surface area contributed by atoms with Crippen molar-refractivity contribution in [2.24, 2.45) is 7.05 Å². The van der Waals surface area contributed by atoms with E-state index >= 15 is 0 Å². The molecule has 0 unspecified atom stereocenters. The smallest absolute Gasteiger partial charge is 0.198 e. The molecular formula is C10H12N2O. The van der Waals surface area contributed by atoms with Gasteiger partial charge in [0, 0.05) is 32.3 Å². The molecule has 0 aromatic carbocycles. The first-order chi connectivity index (χ1) is 6.25. The molecule has 68 valence electrons. The lowest BCUT2D eigenvalue weighted by Gasteiger charge is -1.98. The number of nitrogens with zero attached hydrogens (tertiary/aromatic N) is 2. The second kappa shape index (κ2) is 4.46. The number of unbranched alkanes of at least 4 members (excludes halogenated alkanes) is 1. The molecule has 3 nitrogen and oxygen atoms in total. The topological polar surface area (TPSA) is 34.9 Å². The van der Waals surface area contributed by atoms with Crippen LogP contribution in [0.3, 0.4) is 0 Å². The summed E-state index contributed by atoms with van der Waals surface area (Å²) in [7, 11) is 1.81. The number of carbonyl (C=O) groups excluding carboxylic acids is 1. The Labute approximate surface area is 77.8 Å². The van der Waals surface area contributed by atoms with Crippen LogP contribution in [-0.2, 0) is 7.05 Å². The molecule has 0 atom stereocenters. The van der Waals surface area contributed by atoms with Crippen LogP contribution in [0.5, 0.6) is 0 Å². The Morgan fingerprint density at radius 3 is 3.08 bits per heavy atom. The second-order valence-corrected chi connectivity index (χ2v) is 2.84. The first-order valence-corrected chi connectivity index (χ1v) is 4.19. The predicted molar refractivity (Wildman–Crippen MR) is 50.2 cm³/mol. The summed E-state index contributed by atoms with van der Waals surface area (Å²) in [6, 6.07) is 0. The van der Waals surface area contributed by atoms with Crippen molar-refractivity contribution >= 4 is 5.78 Å². The molecule has 0 N–H and O–H groups in total. The third kappa shape index (κ3) is 2.45. The molecule has 0 spiro atoms. The third-order valence-corrected chi connectivity index (χ3v) is 1.80. The average Bonchev–Trinajstić information content (AvgIpc) is 2.52. The fourth-order valence-electron chi connectivity index (χ4n) is 1.10. The van der Waals surface area contributed by atoms with Gasteiger partial charge in [-0.15, -0.1) is 12.3 Å². The van der Waals surface area contributed by atoms with E-state index in [9.17, 15) is 4.79 Å². The molecule has 0 radical (unpaired) electrons. The molecule has 1 heterocycles. The van der Waals surface area contributed by atoms with Gasteiger partial charge in [-0.3, -0.25) is 4.79 Å². The van der Waals surface area contributed by atoms with E-state index in [1.165, 1.54) is 0 Å². The van der Waals surface area contributed by atoms with Gasteiger partial charge in [-0.1, -0.05) is 0 Å². The molecule has 1 rings (SSSR count). The monoisotopic (exact) mass is 176 g/mol. The lowest BCUT2D eigenvalue weighted by Crippen LogP contribution is -2.06. The predicted octanol–water partition coefficient (Wildman–Crippen LogP) is 1.41. The summed E-state index contributed by atoms with van der Waals surface area (Å²) in [5, 5.41) is 0. The summed E-state index contributed by atoms with van der Waals surface area (Å²) in [6.07, 6.45) is 10.3. The number of rotatable bonds is 4. The highest BCUT2D eigenvalue weighted by Gasteiger charge is 2.09. The molecule has 0 aliphatic carbocycles. The van der Waals surface area contributed by atoms with Crippen molar-refractivity contribution in [1.29, 1.82) is 0 Å². The summed E-state index contributed by atoms with van der Waals surface area (Å²) in [5.41, 5.74) is 0. The van der Waals surface area contributed by atoms with Gasteiger partial charge in [0.1, 0.15) is 0 Å². The Hall–Kier alpha value is -1.56. The molecule has 0 fully saturated rings. The van der Waals surface area contributed by atoms with Gasteiger partial charge < -0.3 is 4.57 Å². The van der Waals surface area contributed by atoms with E-state index in [1.807, 2.05) is 0 Å². The molecule has 0 amide bonds. The average molecular weight is 176 g/mol. The van der Waals surface area contributed by atoms with Gasteiger partial charge in [-0.2, -0.15) is 0 Å². The number of aryl methyl sites for hydroxylation is 1. The molecule has 0 bridgehead atoms. The van der Waals surface area contributed by atoms with E-state index in [2.05, 4.69) is 10.9 Å². The van der Waals surface area contributed by atoms with Crippen LogP contribution < -0.4 is 0 Å². The minimum absolute atomic E-state index is 0.0581. The van der Waals surface area contributed by atoms with Gasteiger partial charge in [0.05, 0.1) is 0 Å². The molecule has 1 aromatic heterocycles. The Morgan fingerprint density at radius 2 is 2.54 bits per heavy atom. The highest BCUT2D eigenvalue weighted by molar-refractivity contribution is 5.92. The summed E-state index contributed by atoms with van der Waals surface area (Å²) in [6.45, 7) is 0. The SMILES string of the molecule is C#CCCCC(=O)c1nccn1C. The van der Waals surface area contributed by atoms with Crippen LogP contribution in [0.4, 0.5) is 0 Å². The Morgan fingerprint density at radius 1 is 1.77 bits per heavy atom. The van der Waals surface area contributed by atoms with Crippen LogP contribution in [-0.4, -0.2) is 15.3 Å². The number of aromatic nitrogens is 2. The number of Topliss-reactive ketones (excluding diaryl/α,β-unsaturated/α-hetero) is 1. The highest BCUT2D eigenvalue weighted by Crippen LogP contribution is 2.03. The third-order valence-electron chi connectivity index (χ3n) is 1.80. The second-order valence-electron chi connectivity index (χ2n) is 2.84. The van der Waals surface area contributed by atoms with E-state index in [-0.39, 0.29) is 5.78 Å². The van der Waals surface area contributed by atoms with Gasteiger partial charge in [0.2, 0.25) is 0 Å². The quantitative estimate of drug-likeness (QED) is 0.395. The summed E-state index contributed by atoms with van der Waals surface area (Å²) < 4.78 is 1.72. The maximum absolute atomic E-state index is 11.4. The van der Waals surface area contributed by atoms with Crippen molar-refractivity contribution in [3.63, 3.8) is 0 Å². The van der Waals surface area contributed by atoms with Gasteiger partial charge >= 0.3 is 0 Å². The number of imidazole rings is 1. The van der Waals surface area contributed by atoms with Crippen LogP contribution in [0.25, 0.3) is 0 Å². The normalized spacial score (nSPS) is 9.54. The molecule has 13 heavy (non-hydrogen) atoms. The van der Waals surface area contributed by atoms with Gasteiger partial charge in [0.15, 0.2) is 11.6 Å². The maximum Gasteiger partial charge on any atom is 0.198 e. The van der Waals surface area contributed by atoms with Crippen LogP contribution in [0.15, 0.2) is 12.4 Å². The van der Waals surface area contributed by atoms with Gasteiger partial charge in [0.25, 0.3) is 0 Å². The fraction of sp³-hybridized carbons (Fsp3) is 0.400. The number of hydrogen-bond donors (Lipinski definition) is 0. The lowest BCUT2D eigenvalue weighted by molar-refractivity contribution is 0.0967. The molecule has 1 aromatic rings. The zero-order valence-electron chi connectivity index (χ0n) is 7.66. The molecule has 0 saturated carbocycles. The minimum Gasteiger partial charge on any atom is -0.332 e. The summed E-state index contributed by atoms with van der Waals surface area (Å²) in [5.74, 6) is 3.07. The van der Waals surface area contributed by atoms with Crippen molar-refractivity contribution in [2.75, 3.05) is 0 Å². The van der Waals surface area contributed by atoms with Crippen LogP contribution in [0.2, 0.25) is 0 Å². The standard InChI is InChI=1S/C10H12N2O/c1-3-4-5-6-9(13)10-11-7-8-12(10)2/h1,7-8H,4-6H2,2H3. The van der Waals surface area contributed by atoms with Crippen LogP contribution in [0, 0.1) is 12.3 Å². The number of hydrogen-bond acceptors (Lipinski definition) is 2. The summed E-state index contributed by atoms with van der Waals surface area (Å²) in [4.78, 5) is 15.4. The van der Waals surface area contributed by atoms with Crippen molar-refractivity contribution in [3.8, 4) is 12.3 Å². The van der Waals surface area contributed by atoms with E-state index in [4.69, 9.17) is 6.42 Å². The van der Waals surface area contributed by atoms with Crippen molar-refractivity contribution in [1.82, 2.24) is 9.55 Å². The number of terminal acetylenes is 1. The first-order valence-electron chi connectivity index (χ1n) is 4.19. The first kappa shape index (κ1) is 9.53. The van der Waals surface area contributed by atoms with Crippen LogP contribution >= 0.6 is 0 Å². The Kier molecular flexibility index (Phi) is 3.27. The van der Waals surface area contributed by atoms with E-state index in [0.29, 0.717) is 18.7 Å². The highest BCUT2D eigenvalue weighted by atomic mass is 16.1. The molecular weight excluding hydrogens is 164 g/mol. The van der Waals surface area contributed by atoms with Crippen molar-refractivity contribution in [3.05, 3.63) is 18.2 Å². The van der Waals surface area contributed by atoms with Crippen molar-refractivity contribution < 1.29 is 4.79 Å². The van der Waals surface area contributed by atoms with Crippen molar-refractivity contribution in [2.45, 2.75) is 19.3 Å². The van der Waals surface area contributed by atoms with E-state index < -0.39 is 0 Å².